The third kappa shape index (κ3) is 16.0. The molecule has 0 spiro atoms. The van der Waals surface area contributed by atoms with Gasteiger partial charge in [-0.3, -0.25) is 0 Å². The summed E-state index contributed by atoms with van der Waals surface area (Å²) in [6.45, 7) is -0.475. The monoisotopic (exact) mass is 178 g/mol. The van der Waals surface area contributed by atoms with Gasteiger partial charge in [0.1, 0.15) is 12.9 Å². The van der Waals surface area contributed by atoms with Gasteiger partial charge in [-0.15, -0.1) is 0 Å². The van der Waals surface area contributed by atoms with Crippen LogP contribution in [-0.2, 0) is 0 Å². The van der Waals surface area contributed by atoms with Gasteiger partial charge in [0.05, 0.1) is 13.2 Å². The van der Waals surface area contributed by atoms with E-state index in [2.05, 4.69) is 0 Å². The SMILES string of the molecule is O/C=C(/O)CO.OCC=CCO. The molecule has 5 N–H and O–H groups in total. The predicted octanol–water partition coefficient (Wildman–Crippen LogP) is -0.537. The van der Waals surface area contributed by atoms with E-state index in [0.717, 1.165) is 0 Å². The molecule has 5 heteroatoms. The van der Waals surface area contributed by atoms with E-state index < -0.39 is 12.4 Å². The summed E-state index contributed by atoms with van der Waals surface area (Å²) < 4.78 is 0. The van der Waals surface area contributed by atoms with Gasteiger partial charge in [-0.05, 0) is 0 Å². The molecule has 0 unspecified atom stereocenters. The summed E-state index contributed by atoms with van der Waals surface area (Å²) in [5.74, 6) is -0.421. The van der Waals surface area contributed by atoms with Crippen molar-refractivity contribution >= 4 is 0 Å². The summed E-state index contributed by atoms with van der Waals surface area (Å²) in [6, 6.07) is 0. The van der Waals surface area contributed by atoms with Crippen LogP contribution in [0, 0.1) is 0 Å². The summed E-state index contributed by atoms with van der Waals surface area (Å²) in [5.41, 5.74) is 0. The van der Waals surface area contributed by atoms with Gasteiger partial charge in [0.25, 0.3) is 0 Å². The van der Waals surface area contributed by atoms with Gasteiger partial charge in [0.15, 0.2) is 5.76 Å². The number of hydrogen-bond acceptors (Lipinski definition) is 5. The van der Waals surface area contributed by atoms with E-state index in [0.29, 0.717) is 6.26 Å². The van der Waals surface area contributed by atoms with E-state index >= 15 is 0 Å². The molecule has 0 saturated heterocycles. The molecule has 0 heterocycles. The second-order valence-electron chi connectivity index (χ2n) is 1.62. The fraction of sp³-hybridized carbons (Fsp3) is 0.429. The molecule has 72 valence electrons. The number of aliphatic hydroxyl groups excluding tert-OH is 5. The highest BCUT2D eigenvalue weighted by Crippen LogP contribution is 1.77. The lowest BCUT2D eigenvalue weighted by atomic mass is 10.5. The molecule has 0 radical (unpaired) electrons. The zero-order valence-electron chi connectivity index (χ0n) is 6.59. The highest BCUT2D eigenvalue weighted by Gasteiger charge is 1.80. The molecule has 0 aliphatic rings. The van der Waals surface area contributed by atoms with Crippen molar-refractivity contribution in [3.8, 4) is 0 Å². The van der Waals surface area contributed by atoms with Gasteiger partial charge in [-0.1, -0.05) is 12.2 Å². The Balaban J connectivity index is 0. The smallest absolute Gasteiger partial charge is 0.152 e. The highest BCUT2D eigenvalue weighted by molar-refractivity contribution is 4.80. The third-order valence-electron chi connectivity index (χ3n) is 0.689. The predicted molar refractivity (Wildman–Crippen MR) is 43.7 cm³/mol. The number of hydrogen-bond donors (Lipinski definition) is 5. The van der Waals surface area contributed by atoms with Crippen molar-refractivity contribution in [2.24, 2.45) is 0 Å². The molecule has 0 aliphatic heterocycles. The van der Waals surface area contributed by atoms with Gasteiger partial charge in [0, 0.05) is 0 Å². The second-order valence-corrected chi connectivity index (χ2v) is 1.62. The quantitative estimate of drug-likeness (QED) is 0.295. The molecular weight excluding hydrogens is 164 g/mol. The van der Waals surface area contributed by atoms with Crippen molar-refractivity contribution in [3.05, 3.63) is 24.2 Å². The Morgan fingerprint density at radius 3 is 1.50 bits per heavy atom. The maximum absolute atomic E-state index is 8.03. The summed E-state index contributed by atoms with van der Waals surface area (Å²) in [7, 11) is 0. The van der Waals surface area contributed by atoms with Gasteiger partial charge in [-0.2, -0.15) is 0 Å². The van der Waals surface area contributed by atoms with Crippen molar-refractivity contribution in [1.82, 2.24) is 0 Å². The van der Waals surface area contributed by atoms with Crippen molar-refractivity contribution < 1.29 is 25.5 Å². The molecule has 0 aliphatic carbocycles. The Bertz CT molecular complexity index is 124. The van der Waals surface area contributed by atoms with E-state index in [1.54, 1.807) is 0 Å². The number of aliphatic hydroxyl groups is 5. The maximum Gasteiger partial charge on any atom is 0.152 e. The zero-order chi connectivity index (χ0) is 9.82. The first kappa shape index (κ1) is 13.5. The van der Waals surface area contributed by atoms with Crippen molar-refractivity contribution in [1.29, 1.82) is 0 Å². The van der Waals surface area contributed by atoms with E-state index in [9.17, 15) is 0 Å². The topological polar surface area (TPSA) is 101 Å². The van der Waals surface area contributed by atoms with E-state index in [1.807, 2.05) is 0 Å². The molecular formula is C7H14O5. The molecule has 5 nitrogen and oxygen atoms in total. The Hall–Kier alpha value is -1.04. The van der Waals surface area contributed by atoms with Gasteiger partial charge in [-0.25, -0.2) is 0 Å². The highest BCUT2D eigenvalue weighted by atomic mass is 16.3. The standard InChI is InChI=1S/C4H8O2.C3H6O3/c5-3-1-2-4-6;4-1-3(6)2-5/h1-2,5-6H,3-4H2;1,4-6H,2H2/b;3-1+. The molecule has 0 atom stereocenters. The van der Waals surface area contributed by atoms with Crippen LogP contribution in [0.1, 0.15) is 0 Å². The fourth-order valence-corrected chi connectivity index (χ4v) is 0.190. The van der Waals surface area contributed by atoms with Crippen LogP contribution >= 0.6 is 0 Å². The van der Waals surface area contributed by atoms with Gasteiger partial charge in [0.2, 0.25) is 0 Å². The van der Waals surface area contributed by atoms with Crippen LogP contribution in [0.3, 0.4) is 0 Å². The minimum atomic E-state index is -0.503. The van der Waals surface area contributed by atoms with Crippen LogP contribution in [0.15, 0.2) is 24.2 Å². The van der Waals surface area contributed by atoms with Crippen LogP contribution in [0.5, 0.6) is 0 Å². The molecule has 12 heavy (non-hydrogen) atoms. The molecule has 0 aromatic heterocycles. The lowest BCUT2D eigenvalue weighted by Crippen LogP contribution is -1.85. The third-order valence-corrected chi connectivity index (χ3v) is 0.689. The minimum Gasteiger partial charge on any atom is -0.512 e. The van der Waals surface area contributed by atoms with Gasteiger partial charge >= 0.3 is 0 Å². The summed E-state index contributed by atoms with van der Waals surface area (Å²) in [5, 5.41) is 39.6. The average molecular weight is 178 g/mol. The fourth-order valence-electron chi connectivity index (χ4n) is 0.190. The van der Waals surface area contributed by atoms with Crippen molar-refractivity contribution in [2.45, 2.75) is 0 Å². The maximum atomic E-state index is 8.03. The molecule has 0 bridgehead atoms. The lowest BCUT2D eigenvalue weighted by molar-refractivity contribution is 0.239. The van der Waals surface area contributed by atoms with Crippen LogP contribution in [0.25, 0.3) is 0 Å². The second kappa shape index (κ2) is 12.6. The Labute approximate surface area is 70.5 Å². The van der Waals surface area contributed by atoms with Crippen molar-refractivity contribution in [3.63, 3.8) is 0 Å². The zero-order valence-corrected chi connectivity index (χ0v) is 6.59. The molecule has 0 aromatic rings. The van der Waals surface area contributed by atoms with E-state index in [4.69, 9.17) is 25.5 Å². The lowest BCUT2D eigenvalue weighted by Gasteiger charge is -1.83. The first-order chi connectivity index (χ1) is 5.72. The Morgan fingerprint density at radius 1 is 1.00 bits per heavy atom. The summed E-state index contributed by atoms with van der Waals surface area (Å²) in [4.78, 5) is 0. The average Bonchev–Trinajstić information content (AvgIpc) is 2.14. The summed E-state index contributed by atoms with van der Waals surface area (Å²) in [6.07, 6.45) is 3.42. The Morgan fingerprint density at radius 2 is 1.42 bits per heavy atom. The Kier molecular flexibility index (Phi) is 14.2. The molecule has 0 fully saturated rings. The van der Waals surface area contributed by atoms with E-state index in [-0.39, 0.29) is 13.2 Å². The largest absolute Gasteiger partial charge is 0.512 e. The van der Waals surface area contributed by atoms with E-state index in [1.165, 1.54) is 12.2 Å². The first-order valence-corrected chi connectivity index (χ1v) is 3.22. The van der Waals surface area contributed by atoms with Crippen LogP contribution in [0.2, 0.25) is 0 Å². The molecule has 0 saturated carbocycles. The molecule has 0 aromatic carbocycles. The summed E-state index contributed by atoms with van der Waals surface area (Å²) >= 11 is 0. The molecule has 0 amide bonds. The van der Waals surface area contributed by atoms with Gasteiger partial charge < -0.3 is 25.5 Å². The van der Waals surface area contributed by atoms with Crippen LogP contribution < -0.4 is 0 Å². The van der Waals surface area contributed by atoms with Crippen molar-refractivity contribution in [2.75, 3.05) is 19.8 Å². The number of rotatable bonds is 3. The first-order valence-electron chi connectivity index (χ1n) is 3.22. The molecule has 0 rings (SSSR count). The normalized spacial score (nSPS) is 11.1. The minimum absolute atomic E-state index is 0.0144. The van der Waals surface area contributed by atoms with Crippen LogP contribution in [0.4, 0.5) is 0 Å². The van der Waals surface area contributed by atoms with Crippen LogP contribution in [-0.4, -0.2) is 45.4 Å².